The lowest BCUT2D eigenvalue weighted by atomic mass is 10.0. The summed E-state index contributed by atoms with van der Waals surface area (Å²) in [7, 11) is 0. The molecule has 1 amide bonds. The number of furan rings is 2. The Morgan fingerprint density at radius 2 is 1.88 bits per heavy atom. The largest absolute Gasteiger partial charge is 0.463 e. The highest BCUT2D eigenvalue weighted by molar-refractivity contribution is 7.14. The normalized spacial score (nSPS) is 15.1. The lowest BCUT2D eigenvalue weighted by Gasteiger charge is -2.10. The summed E-state index contributed by atoms with van der Waals surface area (Å²) in [5.74, 6) is 1.64. The molecule has 0 aromatic carbocycles. The zero-order chi connectivity index (χ0) is 17.6. The van der Waals surface area contributed by atoms with Crippen LogP contribution in [0.5, 0.6) is 0 Å². The molecule has 0 unspecified atom stereocenters. The number of thiazole rings is 1. The quantitative estimate of drug-likeness (QED) is 0.564. The summed E-state index contributed by atoms with van der Waals surface area (Å²) < 4.78 is 16.0. The van der Waals surface area contributed by atoms with E-state index in [1.807, 2.05) is 11.4 Å². The van der Waals surface area contributed by atoms with E-state index in [1.165, 1.54) is 11.3 Å². The third kappa shape index (κ3) is 2.46. The summed E-state index contributed by atoms with van der Waals surface area (Å²) >= 11 is 1.36. The molecular formula is C18H13N3O4S. The molecule has 4 aromatic rings. The second kappa shape index (κ2) is 5.70. The van der Waals surface area contributed by atoms with E-state index in [2.05, 4.69) is 15.5 Å². The topological polar surface area (TPSA) is 94.3 Å². The van der Waals surface area contributed by atoms with Crippen LogP contribution in [0.25, 0.3) is 23.0 Å². The summed E-state index contributed by atoms with van der Waals surface area (Å²) in [4.78, 5) is 17.2. The standard InChI is InChI=1S/C18H13N3O4S/c22-16(20-17-19-11(10-26-17)12-3-1-7-23-12)18(5-6-18)15-9-14(25-21-15)13-4-2-8-24-13/h1-4,7-10H,5-6H2,(H,19,20,22). The zero-order valence-corrected chi connectivity index (χ0v) is 14.3. The Labute approximate surface area is 151 Å². The molecule has 0 spiro atoms. The van der Waals surface area contributed by atoms with E-state index in [0.717, 1.165) is 12.8 Å². The van der Waals surface area contributed by atoms with E-state index in [-0.39, 0.29) is 5.91 Å². The third-order valence-electron chi connectivity index (χ3n) is 4.45. The van der Waals surface area contributed by atoms with Gasteiger partial charge in [-0.1, -0.05) is 5.16 Å². The van der Waals surface area contributed by atoms with Gasteiger partial charge in [-0.25, -0.2) is 4.98 Å². The van der Waals surface area contributed by atoms with Gasteiger partial charge in [0, 0.05) is 11.4 Å². The van der Waals surface area contributed by atoms with Gasteiger partial charge in [0.15, 0.2) is 16.7 Å². The van der Waals surface area contributed by atoms with Crippen LogP contribution in [0.4, 0.5) is 5.13 Å². The fourth-order valence-electron chi connectivity index (χ4n) is 2.85. The van der Waals surface area contributed by atoms with E-state index < -0.39 is 5.41 Å². The van der Waals surface area contributed by atoms with Gasteiger partial charge >= 0.3 is 0 Å². The maximum atomic E-state index is 12.8. The minimum atomic E-state index is -0.662. The first-order valence-electron chi connectivity index (χ1n) is 8.06. The average molecular weight is 367 g/mol. The smallest absolute Gasteiger partial charge is 0.238 e. The van der Waals surface area contributed by atoms with E-state index in [1.54, 1.807) is 36.8 Å². The number of hydrogen-bond donors (Lipinski definition) is 1. The lowest BCUT2D eigenvalue weighted by Crippen LogP contribution is -2.28. The van der Waals surface area contributed by atoms with Crippen LogP contribution in [-0.2, 0) is 10.2 Å². The van der Waals surface area contributed by atoms with Crippen LogP contribution >= 0.6 is 11.3 Å². The number of rotatable bonds is 5. The van der Waals surface area contributed by atoms with Crippen molar-refractivity contribution in [1.82, 2.24) is 10.1 Å². The van der Waals surface area contributed by atoms with Crippen LogP contribution in [0, 0.1) is 0 Å². The summed E-state index contributed by atoms with van der Waals surface area (Å²) in [6, 6.07) is 8.95. The number of aromatic nitrogens is 2. The molecule has 4 heterocycles. The van der Waals surface area contributed by atoms with Gasteiger partial charge in [0.1, 0.15) is 5.69 Å². The van der Waals surface area contributed by atoms with Gasteiger partial charge in [-0.05, 0) is 37.1 Å². The van der Waals surface area contributed by atoms with Crippen molar-refractivity contribution >= 4 is 22.4 Å². The van der Waals surface area contributed by atoms with E-state index >= 15 is 0 Å². The molecule has 1 aliphatic rings. The molecule has 4 aromatic heterocycles. The molecule has 1 aliphatic carbocycles. The first-order valence-corrected chi connectivity index (χ1v) is 8.94. The van der Waals surface area contributed by atoms with Crippen LogP contribution < -0.4 is 5.32 Å². The minimum Gasteiger partial charge on any atom is -0.463 e. The monoisotopic (exact) mass is 367 g/mol. The highest BCUT2D eigenvalue weighted by atomic mass is 32.1. The molecule has 26 heavy (non-hydrogen) atoms. The first kappa shape index (κ1) is 15.2. The molecule has 8 heteroatoms. The van der Waals surface area contributed by atoms with Crippen molar-refractivity contribution in [1.29, 1.82) is 0 Å². The Morgan fingerprint density at radius 1 is 1.12 bits per heavy atom. The molecule has 0 atom stereocenters. The Balaban J connectivity index is 1.35. The maximum Gasteiger partial charge on any atom is 0.238 e. The number of amides is 1. The summed E-state index contributed by atoms with van der Waals surface area (Å²) in [6.45, 7) is 0. The highest BCUT2D eigenvalue weighted by Crippen LogP contribution is 2.49. The van der Waals surface area contributed by atoms with Crippen LogP contribution in [0.3, 0.4) is 0 Å². The number of carbonyl (C=O) groups excluding carboxylic acids is 1. The average Bonchev–Trinajstić information content (AvgIpc) is 3.23. The van der Waals surface area contributed by atoms with Crippen molar-refractivity contribution in [3.8, 4) is 23.0 Å². The number of hydrogen-bond acceptors (Lipinski definition) is 7. The Bertz CT molecular complexity index is 1040. The molecule has 130 valence electrons. The molecule has 7 nitrogen and oxygen atoms in total. The molecular weight excluding hydrogens is 354 g/mol. The Kier molecular flexibility index (Phi) is 3.32. The van der Waals surface area contributed by atoms with Crippen LogP contribution in [-0.4, -0.2) is 16.0 Å². The molecule has 0 radical (unpaired) electrons. The van der Waals surface area contributed by atoms with Gasteiger partial charge in [0.2, 0.25) is 11.7 Å². The van der Waals surface area contributed by atoms with Gasteiger partial charge in [-0.15, -0.1) is 11.3 Å². The first-order chi connectivity index (χ1) is 12.7. The maximum absolute atomic E-state index is 12.8. The van der Waals surface area contributed by atoms with Gasteiger partial charge in [0.05, 0.1) is 23.6 Å². The van der Waals surface area contributed by atoms with Gasteiger partial charge in [-0.3, -0.25) is 4.79 Å². The summed E-state index contributed by atoms with van der Waals surface area (Å²) in [6.07, 6.45) is 4.60. The van der Waals surface area contributed by atoms with Crippen molar-refractivity contribution in [2.45, 2.75) is 18.3 Å². The third-order valence-corrected chi connectivity index (χ3v) is 5.21. The summed E-state index contributed by atoms with van der Waals surface area (Å²) in [5.41, 5.74) is 0.649. The number of nitrogens with one attached hydrogen (secondary N) is 1. The fraction of sp³-hybridized carbons (Fsp3) is 0.167. The van der Waals surface area contributed by atoms with E-state index in [0.29, 0.717) is 33.8 Å². The highest BCUT2D eigenvalue weighted by Gasteiger charge is 2.54. The molecule has 1 N–H and O–H groups in total. The van der Waals surface area contributed by atoms with Crippen LogP contribution in [0.2, 0.25) is 0 Å². The van der Waals surface area contributed by atoms with Crippen molar-refractivity contribution < 1.29 is 18.2 Å². The lowest BCUT2D eigenvalue weighted by molar-refractivity contribution is -0.118. The number of anilines is 1. The van der Waals surface area contributed by atoms with E-state index in [4.69, 9.17) is 13.4 Å². The van der Waals surface area contributed by atoms with Crippen molar-refractivity contribution in [3.05, 3.63) is 53.9 Å². The number of carbonyl (C=O) groups is 1. The molecule has 1 saturated carbocycles. The zero-order valence-electron chi connectivity index (χ0n) is 13.5. The molecule has 5 rings (SSSR count). The Morgan fingerprint density at radius 3 is 2.58 bits per heavy atom. The van der Waals surface area contributed by atoms with E-state index in [9.17, 15) is 4.79 Å². The van der Waals surface area contributed by atoms with Crippen LogP contribution in [0.15, 0.2) is 61.6 Å². The summed E-state index contributed by atoms with van der Waals surface area (Å²) in [5, 5.41) is 9.35. The van der Waals surface area contributed by atoms with Gasteiger partial charge in [-0.2, -0.15) is 0 Å². The second-order valence-electron chi connectivity index (χ2n) is 6.11. The van der Waals surface area contributed by atoms with Gasteiger partial charge in [0.25, 0.3) is 0 Å². The molecule has 0 saturated heterocycles. The molecule has 0 bridgehead atoms. The minimum absolute atomic E-state index is 0.128. The second-order valence-corrected chi connectivity index (χ2v) is 6.96. The SMILES string of the molecule is O=C(Nc1nc(-c2ccco2)cs1)C1(c2cc(-c3ccco3)on2)CC1. The molecule has 1 fully saturated rings. The van der Waals surface area contributed by atoms with Crippen LogP contribution in [0.1, 0.15) is 18.5 Å². The Hall–Kier alpha value is -3.13. The predicted octanol–water partition coefficient (Wildman–Crippen LogP) is 4.32. The van der Waals surface area contributed by atoms with Gasteiger partial charge < -0.3 is 18.7 Å². The van der Waals surface area contributed by atoms with Crippen molar-refractivity contribution in [2.75, 3.05) is 5.32 Å². The number of nitrogens with zero attached hydrogens (tertiary/aromatic N) is 2. The van der Waals surface area contributed by atoms with Crippen molar-refractivity contribution in [3.63, 3.8) is 0 Å². The van der Waals surface area contributed by atoms with Crippen molar-refractivity contribution in [2.24, 2.45) is 0 Å². The molecule has 0 aliphatic heterocycles. The predicted molar refractivity (Wildman–Crippen MR) is 93.6 cm³/mol. The fourth-order valence-corrected chi connectivity index (χ4v) is 3.54.